The van der Waals surface area contributed by atoms with Gasteiger partial charge in [0.25, 0.3) is 0 Å². The molecule has 0 saturated heterocycles. The van der Waals surface area contributed by atoms with Gasteiger partial charge in [-0.1, -0.05) is 44.5 Å². The number of Topliss-reactive ketones (excluding diaryl/α,β-unsaturated/α-hetero) is 1. The molecule has 1 rings (SSSR count). The lowest BCUT2D eigenvalue weighted by Gasteiger charge is -2.13. The van der Waals surface area contributed by atoms with Gasteiger partial charge >= 0.3 is 0 Å². The maximum Gasteiger partial charge on any atom is 0.140 e. The van der Waals surface area contributed by atoms with Crippen LogP contribution in [0.4, 0.5) is 0 Å². The minimum atomic E-state index is -0.256. The number of hydrogen-bond donors (Lipinski definition) is 0. The molecule has 0 N–H and O–H groups in total. The fourth-order valence-corrected chi connectivity index (χ4v) is 2.00. The Morgan fingerprint density at radius 1 is 1.24 bits per heavy atom. The lowest BCUT2D eigenvalue weighted by molar-refractivity contribution is -0.122. The topological polar surface area (TPSA) is 34.1 Å². The molecule has 1 unspecified atom stereocenters. The molecule has 1 aromatic rings. The highest BCUT2D eigenvalue weighted by atomic mass is 16.1. The van der Waals surface area contributed by atoms with Crippen molar-refractivity contribution in [3.63, 3.8) is 0 Å². The van der Waals surface area contributed by atoms with Crippen LogP contribution in [0.2, 0.25) is 0 Å². The number of carbonyl (C=O) groups excluding carboxylic acids is 2. The van der Waals surface area contributed by atoms with Gasteiger partial charge < -0.3 is 4.79 Å². The zero-order valence-corrected chi connectivity index (χ0v) is 10.6. The van der Waals surface area contributed by atoms with Crippen LogP contribution in [0, 0.1) is 0 Å². The molecule has 0 heterocycles. The number of benzene rings is 1. The molecule has 0 aliphatic carbocycles. The second-order valence-corrected chi connectivity index (χ2v) is 4.27. The highest BCUT2D eigenvalue weighted by Crippen LogP contribution is 2.22. The van der Waals surface area contributed by atoms with E-state index in [1.54, 1.807) is 0 Å². The predicted molar refractivity (Wildman–Crippen MR) is 69.2 cm³/mol. The van der Waals surface area contributed by atoms with E-state index >= 15 is 0 Å². The summed E-state index contributed by atoms with van der Waals surface area (Å²) >= 11 is 0. The highest BCUT2D eigenvalue weighted by molar-refractivity contribution is 5.87. The van der Waals surface area contributed by atoms with Crippen LogP contribution in [0.1, 0.15) is 50.2 Å². The van der Waals surface area contributed by atoms with Gasteiger partial charge in [-0.15, -0.1) is 0 Å². The lowest BCUT2D eigenvalue weighted by Crippen LogP contribution is -2.12. The first-order chi connectivity index (χ1) is 8.22. The Morgan fingerprint density at radius 3 is 2.35 bits per heavy atom. The zero-order valence-electron chi connectivity index (χ0n) is 10.6. The number of hydrogen-bond acceptors (Lipinski definition) is 2. The Labute approximate surface area is 103 Å². The third-order valence-electron chi connectivity index (χ3n) is 2.99. The lowest BCUT2D eigenvalue weighted by atomic mass is 9.90. The van der Waals surface area contributed by atoms with E-state index in [1.165, 1.54) is 5.56 Å². The summed E-state index contributed by atoms with van der Waals surface area (Å²) in [4.78, 5) is 22.4. The SMILES string of the molecule is CCCc1ccc(C(CC=O)C(=O)CC)cc1. The summed E-state index contributed by atoms with van der Waals surface area (Å²) < 4.78 is 0. The molecule has 2 nitrogen and oxygen atoms in total. The van der Waals surface area contributed by atoms with Crippen molar-refractivity contribution < 1.29 is 9.59 Å². The van der Waals surface area contributed by atoms with Crippen molar-refractivity contribution in [1.29, 1.82) is 0 Å². The molecule has 0 saturated carbocycles. The molecule has 0 fully saturated rings. The number of carbonyl (C=O) groups is 2. The standard InChI is InChI=1S/C15H20O2/c1-3-5-12-6-8-13(9-7-12)14(10-11-16)15(17)4-2/h6-9,11,14H,3-5,10H2,1-2H3. The van der Waals surface area contributed by atoms with Crippen LogP contribution in [0.5, 0.6) is 0 Å². The van der Waals surface area contributed by atoms with Gasteiger partial charge in [-0.2, -0.15) is 0 Å². The Bertz CT molecular complexity index is 365. The summed E-state index contributed by atoms with van der Waals surface area (Å²) in [6.07, 6.45) is 3.78. The van der Waals surface area contributed by atoms with Crippen molar-refractivity contribution in [3.8, 4) is 0 Å². The number of rotatable bonds is 7. The van der Waals surface area contributed by atoms with Crippen molar-refractivity contribution >= 4 is 12.1 Å². The van der Waals surface area contributed by atoms with Gasteiger partial charge in [0.2, 0.25) is 0 Å². The van der Waals surface area contributed by atoms with E-state index in [2.05, 4.69) is 19.1 Å². The summed E-state index contributed by atoms with van der Waals surface area (Å²) in [5.41, 5.74) is 2.24. The van der Waals surface area contributed by atoms with Crippen LogP contribution < -0.4 is 0 Å². The Kier molecular flexibility index (Phi) is 5.61. The summed E-state index contributed by atoms with van der Waals surface area (Å²) in [5.74, 6) is -0.117. The second kappa shape index (κ2) is 7.00. The van der Waals surface area contributed by atoms with Crippen LogP contribution in [0.15, 0.2) is 24.3 Å². The summed E-state index contributed by atoms with van der Waals surface area (Å²) in [6, 6.07) is 8.07. The first-order valence-electron chi connectivity index (χ1n) is 6.28. The number of ketones is 1. The van der Waals surface area contributed by atoms with Crippen LogP contribution in [0.3, 0.4) is 0 Å². The van der Waals surface area contributed by atoms with E-state index < -0.39 is 0 Å². The average molecular weight is 232 g/mol. The summed E-state index contributed by atoms with van der Waals surface area (Å²) in [5, 5.41) is 0. The van der Waals surface area contributed by atoms with Crippen LogP contribution in [0.25, 0.3) is 0 Å². The Hall–Kier alpha value is -1.44. The normalized spacial score (nSPS) is 12.1. The second-order valence-electron chi connectivity index (χ2n) is 4.27. The van der Waals surface area contributed by atoms with Gasteiger partial charge in [0, 0.05) is 18.8 Å². The van der Waals surface area contributed by atoms with Gasteiger partial charge in [0.05, 0.1) is 0 Å². The molecule has 0 aliphatic rings. The maximum absolute atomic E-state index is 11.8. The fraction of sp³-hybridized carbons (Fsp3) is 0.467. The van der Waals surface area contributed by atoms with Gasteiger partial charge in [0.1, 0.15) is 12.1 Å². The molecular weight excluding hydrogens is 212 g/mol. The molecule has 2 heteroatoms. The molecule has 0 aliphatic heterocycles. The van der Waals surface area contributed by atoms with Crippen molar-refractivity contribution in [1.82, 2.24) is 0 Å². The minimum Gasteiger partial charge on any atom is -0.303 e. The van der Waals surface area contributed by atoms with Crippen molar-refractivity contribution in [2.24, 2.45) is 0 Å². The molecule has 0 amide bonds. The maximum atomic E-state index is 11.8. The van der Waals surface area contributed by atoms with E-state index in [9.17, 15) is 9.59 Å². The van der Waals surface area contributed by atoms with Gasteiger partial charge in [-0.05, 0) is 17.5 Å². The minimum absolute atomic E-state index is 0.139. The molecular formula is C15H20O2. The predicted octanol–water partition coefficient (Wildman–Crippen LogP) is 3.29. The molecule has 0 bridgehead atoms. The van der Waals surface area contributed by atoms with Gasteiger partial charge in [-0.25, -0.2) is 0 Å². The van der Waals surface area contributed by atoms with E-state index in [-0.39, 0.29) is 11.7 Å². The Morgan fingerprint density at radius 2 is 1.88 bits per heavy atom. The van der Waals surface area contributed by atoms with E-state index in [0.717, 1.165) is 24.7 Å². The van der Waals surface area contributed by atoms with E-state index in [0.29, 0.717) is 12.8 Å². The van der Waals surface area contributed by atoms with Crippen molar-refractivity contribution in [2.45, 2.75) is 45.4 Å². The van der Waals surface area contributed by atoms with Crippen molar-refractivity contribution in [2.75, 3.05) is 0 Å². The van der Waals surface area contributed by atoms with Crippen LogP contribution >= 0.6 is 0 Å². The van der Waals surface area contributed by atoms with E-state index in [1.807, 2.05) is 19.1 Å². The first-order valence-corrected chi connectivity index (χ1v) is 6.28. The molecule has 1 aromatic carbocycles. The van der Waals surface area contributed by atoms with Crippen molar-refractivity contribution in [3.05, 3.63) is 35.4 Å². The van der Waals surface area contributed by atoms with Gasteiger partial charge in [-0.3, -0.25) is 4.79 Å². The quantitative estimate of drug-likeness (QED) is 0.676. The third kappa shape index (κ3) is 3.81. The van der Waals surface area contributed by atoms with Gasteiger partial charge in [0.15, 0.2) is 0 Å². The summed E-state index contributed by atoms with van der Waals surface area (Å²) in [6.45, 7) is 3.98. The smallest absolute Gasteiger partial charge is 0.140 e. The molecule has 17 heavy (non-hydrogen) atoms. The Balaban J connectivity index is 2.86. The molecule has 1 atom stereocenters. The fourth-order valence-electron chi connectivity index (χ4n) is 2.00. The zero-order chi connectivity index (χ0) is 12.7. The third-order valence-corrected chi connectivity index (χ3v) is 2.99. The first kappa shape index (κ1) is 13.6. The molecule has 92 valence electrons. The number of aldehydes is 1. The molecule has 0 radical (unpaired) electrons. The van der Waals surface area contributed by atoms with E-state index in [4.69, 9.17) is 0 Å². The monoisotopic (exact) mass is 232 g/mol. The summed E-state index contributed by atoms with van der Waals surface area (Å²) in [7, 11) is 0. The molecule has 0 spiro atoms. The highest BCUT2D eigenvalue weighted by Gasteiger charge is 2.18. The average Bonchev–Trinajstić information content (AvgIpc) is 2.37. The van der Waals surface area contributed by atoms with Crippen LogP contribution in [-0.2, 0) is 16.0 Å². The largest absolute Gasteiger partial charge is 0.303 e. The number of aryl methyl sites for hydroxylation is 1. The molecule has 0 aromatic heterocycles. The van der Waals surface area contributed by atoms with Crippen LogP contribution in [-0.4, -0.2) is 12.1 Å².